The third-order valence-electron chi connectivity index (χ3n) is 3.06. The average molecular weight is 288 g/mol. The average Bonchev–Trinajstić information content (AvgIpc) is 2.53. The first-order valence-corrected chi connectivity index (χ1v) is 5.60. The number of hydrogen-bond acceptors (Lipinski definition) is 3. The molecule has 2 rings (SSSR count). The molecule has 0 radical (unpaired) electrons. The molecule has 1 N–H and O–H groups in total. The van der Waals surface area contributed by atoms with Crippen molar-refractivity contribution in [1.29, 1.82) is 0 Å². The summed E-state index contributed by atoms with van der Waals surface area (Å²) in [5.41, 5.74) is -0.919. The van der Waals surface area contributed by atoms with Gasteiger partial charge >= 0.3 is 12.4 Å². The summed E-state index contributed by atoms with van der Waals surface area (Å²) in [7, 11) is 1.32. The highest BCUT2D eigenvalue weighted by atomic mass is 19.4. The Morgan fingerprint density at radius 3 is 2.15 bits per heavy atom. The molecule has 1 aromatic carbocycles. The molecule has 1 fully saturated rings. The van der Waals surface area contributed by atoms with Gasteiger partial charge in [-0.25, -0.2) is 4.79 Å². The number of halogens is 3. The fraction of sp³-hybridized carbons (Fsp3) is 0.333. The fourth-order valence-corrected chi connectivity index (χ4v) is 1.96. The van der Waals surface area contributed by atoms with Crippen LogP contribution in [-0.4, -0.2) is 30.2 Å². The number of imide groups is 1. The second-order valence-corrected chi connectivity index (χ2v) is 4.49. The minimum Gasteiger partial charge on any atom is -0.406 e. The lowest BCUT2D eigenvalue weighted by Gasteiger charge is -2.22. The van der Waals surface area contributed by atoms with E-state index < -0.39 is 29.6 Å². The molecule has 1 heterocycles. The lowest BCUT2D eigenvalue weighted by molar-refractivity contribution is -0.274. The number of carbonyl (C=O) groups excluding carboxylic acids is 2. The van der Waals surface area contributed by atoms with Crippen molar-refractivity contribution in [3.05, 3.63) is 29.8 Å². The highest BCUT2D eigenvalue weighted by Gasteiger charge is 2.47. The Labute approximate surface area is 112 Å². The molecule has 0 aliphatic carbocycles. The maximum Gasteiger partial charge on any atom is 0.573 e. The normalized spacial score (nSPS) is 22.9. The van der Waals surface area contributed by atoms with Crippen LogP contribution in [0.15, 0.2) is 24.3 Å². The Hall–Kier alpha value is -2.25. The zero-order valence-electron chi connectivity index (χ0n) is 10.6. The number of hydrogen-bond donors (Lipinski definition) is 1. The lowest BCUT2D eigenvalue weighted by atomic mass is 9.92. The Balaban J connectivity index is 2.27. The molecule has 1 aliphatic heterocycles. The Kier molecular flexibility index (Phi) is 3.11. The summed E-state index contributed by atoms with van der Waals surface area (Å²) in [5, 5.41) is 2.49. The first-order valence-electron chi connectivity index (χ1n) is 5.60. The molecular formula is C12H11F3N2O3. The van der Waals surface area contributed by atoms with Gasteiger partial charge in [-0.15, -0.1) is 13.2 Å². The van der Waals surface area contributed by atoms with Crippen LogP contribution in [0.25, 0.3) is 0 Å². The van der Waals surface area contributed by atoms with Crippen LogP contribution >= 0.6 is 0 Å². The second-order valence-electron chi connectivity index (χ2n) is 4.49. The number of benzene rings is 1. The third-order valence-corrected chi connectivity index (χ3v) is 3.06. The monoisotopic (exact) mass is 288 g/mol. The number of likely N-dealkylation sites (N-methyl/N-ethyl adjacent to an activating group) is 1. The quantitative estimate of drug-likeness (QED) is 0.847. The van der Waals surface area contributed by atoms with E-state index in [1.807, 2.05) is 0 Å². The highest BCUT2D eigenvalue weighted by molar-refractivity contribution is 6.06. The van der Waals surface area contributed by atoms with E-state index in [4.69, 9.17) is 0 Å². The maximum atomic E-state index is 12.0. The first kappa shape index (κ1) is 14.2. The standard InChI is InChI=1S/C12H11F3N2O3/c1-11(9(18)17(2)10(19)16-11)7-3-5-8(6-4-7)20-12(13,14)15/h3-6H,1-2H3,(H,16,19). The first-order chi connectivity index (χ1) is 9.13. The maximum absolute atomic E-state index is 12.0. The van der Waals surface area contributed by atoms with Crippen molar-refractivity contribution in [2.75, 3.05) is 7.05 Å². The fourth-order valence-electron chi connectivity index (χ4n) is 1.96. The molecule has 0 spiro atoms. The van der Waals surface area contributed by atoms with Crippen molar-refractivity contribution >= 4 is 11.9 Å². The van der Waals surface area contributed by atoms with Crippen LogP contribution in [0.2, 0.25) is 0 Å². The van der Waals surface area contributed by atoms with E-state index in [9.17, 15) is 22.8 Å². The second kappa shape index (κ2) is 4.39. The molecule has 0 aromatic heterocycles. The predicted octanol–water partition coefficient (Wildman–Crippen LogP) is 1.98. The van der Waals surface area contributed by atoms with E-state index in [2.05, 4.69) is 10.1 Å². The summed E-state index contributed by atoms with van der Waals surface area (Å²) in [6.45, 7) is 1.48. The summed E-state index contributed by atoms with van der Waals surface area (Å²) >= 11 is 0. The zero-order chi connectivity index (χ0) is 15.1. The molecule has 8 heteroatoms. The SMILES string of the molecule is CN1C(=O)NC(C)(c2ccc(OC(F)(F)F)cc2)C1=O. The van der Waals surface area contributed by atoms with E-state index in [0.717, 1.165) is 17.0 Å². The van der Waals surface area contributed by atoms with Crippen LogP contribution in [-0.2, 0) is 10.3 Å². The van der Waals surface area contributed by atoms with E-state index >= 15 is 0 Å². The molecule has 108 valence electrons. The van der Waals surface area contributed by atoms with Gasteiger partial charge in [-0.2, -0.15) is 0 Å². The summed E-state index contributed by atoms with van der Waals surface area (Å²) < 4.78 is 39.9. The number of nitrogens with zero attached hydrogens (tertiary/aromatic N) is 1. The molecular weight excluding hydrogens is 277 g/mol. The van der Waals surface area contributed by atoms with Gasteiger partial charge in [0.2, 0.25) is 0 Å². The molecule has 1 saturated heterocycles. The van der Waals surface area contributed by atoms with Gasteiger partial charge in [0.05, 0.1) is 0 Å². The molecule has 0 saturated carbocycles. The van der Waals surface area contributed by atoms with Crippen LogP contribution in [0.1, 0.15) is 12.5 Å². The van der Waals surface area contributed by atoms with Crippen LogP contribution in [0.5, 0.6) is 5.75 Å². The zero-order valence-corrected chi connectivity index (χ0v) is 10.6. The van der Waals surface area contributed by atoms with Crippen LogP contribution in [0.3, 0.4) is 0 Å². The van der Waals surface area contributed by atoms with Crippen LogP contribution in [0, 0.1) is 0 Å². The minimum absolute atomic E-state index is 0.370. The third kappa shape index (κ3) is 2.40. The number of rotatable bonds is 2. The summed E-state index contributed by atoms with van der Waals surface area (Å²) in [6.07, 6.45) is -4.77. The van der Waals surface area contributed by atoms with Gasteiger partial charge in [-0.1, -0.05) is 12.1 Å². The topological polar surface area (TPSA) is 58.6 Å². The van der Waals surface area contributed by atoms with Crippen molar-refractivity contribution in [1.82, 2.24) is 10.2 Å². The van der Waals surface area contributed by atoms with Crippen molar-refractivity contribution in [3.8, 4) is 5.75 Å². The molecule has 20 heavy (non-hydrogen) atoms. The molecule has 1 unspecified atom stereocenters. The van der Waals surface area contributed by atoms with Crippen molar-refractivity contribution < 1.29 is 27.5 Å². The molecule has 1 aromatic rings. The Bertz CT molecular complexity index is 556. The molecule has 0 bridgehead atoms. The summed E-state index contributed by atoms with van der Waals surface area (Å²) in [6, 6.07) is 4.22. The Morgan fingerprint density at radius 2 is 1.75 bits per heavy atom. The van der Waals surface area contributed by atoms with E-state index in [1.54, 1.807) is 0 Å². The molecule has 1 aliphatic rings. The minimum atomic E-state index is -4.77. The van der Waals surface area contributed by atoms with E-state index in [-0.39, 0.29) is 0 Å². The van der Waals surface area contributed by atoms with Gasteiger partial charge < -0.3 is 10.1 Å². The van der Waals surface area contributed by atoms with Gasteiger partial charge in [0.25, 0.3) is 5.91 Å². The van der Waals surface area contributed by atoms with Crippen LogP contribution in [0.4, 0.5) is 18.0 Å². The number of amides is 3. The van der Waals surface area contributed by atoms with Crippen molar-refractivity contribution in [2.45, 2.75) is 18.8 Å². The largest absolute Gasteiger partial charge is 0.573 e. The van der Waals surface area contributed by atoms with Crippen LogP contribution < -0.4 is 10.1 Å². The number of ether oxygens (including phenoxy) is 1. The van der Waals surface area contributed by atoms with Gasteiger partial charge in [-0.05, 0) is 24.6 Å². The van der Waals surface area contributed by atoms with Gasteiger partial charge in [0.1, 0.15) is 11.3 Å². The molecule has 1 atom stereocenters. The lowest BCUT2D eigenvalue weighted by Crippen LogP contribution is -2.40. The number of urea groups is 1. The highest BCUT2D eigenvalue weighted by Crippen LogP contribution is 2.30. The number of alkyl halides is 3. The number of nitrogens with one attached hydrogen (secondary N) is 1. The summed E-state index contributed by atoms with van der Waals surface area (Å²) in [4.78, 5) is 24.3. The van der Waals surface area contributed by atoms with Gasteiger partial charge in [-0.3, -0.25) is 9.69 Å². The molecule has 5 nitrogen and oxygen atoms in total. The Morgan fingerprint density at radius 1 is 1.20 bits per heavy atom. The van der Waals surface area contributed by atoms with E-state index in [0.29, 0.717) is 5.56 Å². The van der Waals surface area contributed by atoms with Gasteiger partial charge in [0.15, 0.2) is 0 Å². The van der Waals surface area contributed by atoms with Gasteiger partial charge in [0, 0.05) is 7.05 Å². The summed E-state index contributed by atoms with van der Waals surface area (Å²) in [5.74, 6) is -0.873. The predicted molar refractivity (Wildman–Crippen MR) is 61.8 cm³/mol. The van der Waals surface area contributed by atoms with Crippen molar-refractivity contribution in [2.24, 2.45) is 0 Å². The number of carbonyl (C=O) groups is 2. The molecule has 3 amide bonds. The smallest absolute Gasteiger partial charge is 0.406 e. The van der Waals surface area contributed by atoms with E-state index in [1.165, 1.54) is 26.1 Å². The van der Waals surface area contributed by atoms with Crippen molar-refractivity contribution in [3.63, 3.8) is 0 Å².